The number of fused-ring (bicyclic) bond motifs is 1. The number of nitriles is 1. The van der Waals surface area contributed by atoms with E-state index in [4.69, 9.17) is 9.47 Å². The van der Waals surface area contributed by atoms with Crippen LogP contribution in [-0.4, -0.2) is 29.2 Å². The van der Waals surface area contributed by atoms with Crippen LogP contribution >= 0.6 is 0 Å². The van der Waals surface area contributed by atoms with Gasteiger partial charge in [-0.25, -0.2) is 0 Å². The molecule has 0 bridgehead atoms. The molecule has 166 valence electrons. The Morgan fingerprint density at radius 2 is 1.84 bits per heavy atom. The molecule has 1 amide bonds. The van der Waals surface area contributed by atoms with Crippen molar-refractivity contribution >= 4 is 11.7 Å². The second-order valence-corrected chi connectivity index (χ2v) is 8.50. The lowest BCUT2D eigenvalue weighted by atomic mass is 9.73. The van der Waals surface area contributed by atoms with Crippen molar-refractivity contribution in [2.24, 2.45) is 5.92 Å². The van der Waals surface area contributed by atoms with Gasteiger partial charge in [-0.1, -0.05) is 67.1 Å². The summed E-state index contributed by atoms with van der Waals surface area (Å²) in [5, 5.41) is 10.3. The minimum atomic E-state index is -0.840. The molecule has 32 heavy (non-hydrogen) atoms. The van der Waals surface area contributed by atoms with Crippen molar-refractivity contribution in [3.8, 4) is 6.07 Å². The molecule has 0 unspecified atom stereocenters. The number of hydrogen-bond acceptors (Lipinski definition) is 4. The van der Waals surface area contributed by atoms with E-state index < -0.39 is 11.8 Å². The van der Waals surface area contributed by atoms with Gasteiger partial charge in [0.15, 0.2) is 0 Å². The molecule has 1 saturated carbocycles. The molecule has 2 aliphatic rings. The molecule has 0 saturated heterocycles. The first-order valence-corrected chi connectivity index (χ1v) is 11.4. The van der Waals surface area contributed by atoms with Crippen LogP contribution in [-0.2, 0) is 20.8 Å². The molecule has 0 spiro atoms. The fourth-order valence-electron chi connectivity index (χ4n) is 5.16. The van der Waals surface area contributed by atoms with E-state index in [1.165, 1.54) is 0 Å². The summed E-state index contributed by atoms with van der Waals surface area (Å²) >= 11 is 0. The molecule has 1 aliphatic heterocycles. The summed E-state index contributed by atoms with van der Waals surface area (Å²) in [4.78, 5) is 14.8. The van der Waals surface area contributed by atoms with E-state index in [2.05, 4.69) is 6.07 Å². The molecular weight excluding hydrogens is 400 g/mol. The maximum absolute atomic E-state index is 13.0. The molecule has 3 atom stereocenters. The average molecular weight is 431 g/mol. The third kappa shape index (κ3) is 4.16. The van der Waals surface area contributed by atoms with Gasteiger partial charge in [0.25, 0.3) is 0 Å². The fourth-order valence-corrected chi connectivity index (χ4v) is 5.16. The highest BCUT2D eigenvalue weighted by molar-refractivity contribution is 5.77. The van der Waals surface area contributed by atoms with Gasteiger partial charge in [0.1, 0.15) is 11.8 Å². The van der Waals surface area contributed by atoms with E-state index in [9.17, 15) is 10.1 Å². The predicted molar refractivity (Wildman–Crippen MR) is 123 cm³/mol. The first-order valence-electron chi connectivity index (χ1n) is 11.4. The lowest BCUT2D eigenvalue weighted by molar-refractivity contribution is -0.260. The normalized spacial score (nSPS) is 24.8. The number of carbonyl (C=O) groups excluding carboxylic acids is 1. The van der Waals surface area contributed by atoms with E-state index in [-0.39, 0.29) is 11.8 Å². The number of amides is 1. The molecule has 2 aromatic carbocycles. The van der Waals surface area contributed by atoms with E-state index in [1.807, 2.05) is 72.5 Å². The van der Waals surface area contributed by atoms with Crippen molar-refractivity contribution in [1.82, 2.24) is 4.90 Å². The van der Waals surface area contributed by atoms with Crippen LogP contribution in [0, 0.1) is 17.2 Å². The third-order valence-corrected chi connectivity index (χ3v) is 6.53. The Morgan fingerprint density at radius 3 is 2.47 bits per heavy atom. The van der Waals surface area contributed by atoms with Crippen LogP contribution in [0.5, 0.6) is 0 Å². The standard InChI is InChI=1S/C27H30N2O3/c1-3-31-27-17-11-10-16-24(27)25(29(20(2)30)19-21-12-6-4-7-13-21)23(18-28)26(32-27)22-14-8-5-9-15-22/h4-9,12-15,24-25H,3,10-11,16-17,19H2,1-2H3/t24-,25-,27-/m1/s1. The monoisotopic (exact) mass is 430 g/mol. The number of nitrogens with zero attached hydrogens (tertiary/aromatic N) is 2. The zero-order valence-corrected chi connectivity index (χ0v) is 18.8. The van der Waals surface area contributed by atoms with Crippen molar-refractivity contribution in [1.29, 1.82) is 5.26 Å². The SMILES string of the molecule is CCO[C@@]12CCCC[C@@H]1[C@H](N(Cc1ccccc1)C(C)=O)C(C#N)=C(c1ccccc1)O2. The molecule has 1 fully saturated rings. The van der Waals surface area contributed by atoms with Gasteiger partial charge in [-0.2, -0.15) is 5.26 Å². The Balaban J connectivity index is 1.88. The van der Waals surface area contributed by atoms with Crippen LogP contribution in [0.2, 0.25) is 0 Å². The van der Waals surface area contributed by atoms with Crippen molar-refractivity contribution in [3.63, 3.8) is 0 Å². The molecule has 5 nitrogen and oxygen atoms in total. The van der Waals surface area contributed by atoms with Gasteiger partial charge in [-0.3, -0.25) is 4.79 Å². The first-order chi connectivity index (χ1) is 15.6. The van der Waals surface area contributed by atoms with Gasteiger partial charge in [0, 0.05) is 32.1 Å². The second-order valence-electron chi connectivity index (χ2n) is 8.50. The van der Waals surface area contributed by atoms with Gasteiger partial charge in [0.2, 0.25) is 11.7 Å². The lowest BCUT2D eigenvalue weighted by Crippen LogP contribution is -2.59. The molecule has 0 N–H and O–H groups in total. The van der Waals surface area contributed by atoms with Crippen LogP contribution in [0.4, 0.5) is 0 Å². The zero-order chi connectivity index (χ0) is 22.6. The van der Waals surface area contributed by atoms with E-state index in [1.54, 1.807) is 6.92 Å². The number of hydrogen-bond donors (Lipinski definition) is 0. The summed E-state index contributed by atoms with van der Waals surface area (Å²) in [5.41, 5.74) is 2.37. The van der Waals surface area contributed by atoms with Crippen molar-refractivity contribution in [2.75, 3.05) is 6.61 Å². The summed E-state index contributed by atoms with van der Waals surface area (Å²) in [6, 6.07) is 21.6. The zero-order valence-electron chi connectivity index (χ0n) is 18.8. The minimum absolute atomic E-state index is 0.0584. The maximum Gasteiger partial charge on any atom is 0.220 e. The second kappa shape index (κ2) is 9.58. The highest BCUT2D eigenvalue weighted by atomic mass is 16.7. The Kier molecular flexibility index (Phi) is 6.62. The van der Waals surface area contributed by atoms with Crippen LogP contribution in [0.1, 0.15) is 50.7 Å². The summed E-state index contributed by atoms with van der Waals surface area (Å²) in [6.45, 7) is 4.50. The van der Waals surface area contributed by atoms with E-state index in [0.717, 1.165) is 36.8 Å². The topological polar surface area (TPSA) is 62.6 Å². The number of carbonyl (C=O) groups is 1. The fraction of sp³-hybridized carbons (Fsp3) is 0.407. The molecule has 0 radical (unpaired) electrons. The van der Waals surface area contributed by atoms with E-state index >= 15 is 0 Å². The molecule has 1 aliphatic carbocycles. The van der Waals surface area contributed by atoms with Crippen LogP contribution in [0.3, 0.4) is 0 Å². The highest BCUT2D eigenvalue weighted by Crippen LogP contribution is 2.50. The molecule has 5 heteroatoms. The molecule has 4 rings (SSSR count). The molecular formula is C27H30N2O3. The van der Waals surface area contributed by atoms with E-state index in [0.29, 0.717) is 24.5 Å². The van der Waals surface area contributed by atoms with Crippen LogP contribution in [0.25, 0.3) is 5.76 Å². The third-order valence-electron chi connectivity index (χ3n) is 6.53. The summed E-state index contributed by atoms with van der Waals surface area (Å²) in [5.74, 6) is -0.472. The molecule has 1 heterocycles. The van der Waals surface area contributed by atoms with Gasteiger partial charge in [-0.05, 0) is 25.3 Å². The van der Waals surface area contributed by atoms with Crippen molar-refractivity contribution in [2.45, 2.75) is 57.9 Å². The quantitative estimate of drug-likeness (QED) is 0.625. The minimum Gasteiger partial charge on any atom is -0.460 e. The summed E-state index contributed by atoms with van der Waals surface area (Å²) in [6.07, 6.45) is 3.60. The summed E-state index contributed by atoms with van der Waals surface area (Å²) in [7, 11) is 0. The average Bonchev–Trinajstić information content (AvgIpc) is 2.82. The van der Waals surface area contributed by atoms with Crippen molar-refractivity contribution in [3.05, 3.63) is 77.4 Å². The van der Waals surface area contributed by atoms with Gasteiger partial charge >= 0.3 is 0 Å². The molecule has 0 aromatic heterocycles. The predicted octanol–water partition coefficient (Wildman–Crippen LogP) is 5.29. The smallest absolute Gasteiger partial charge is 0.220 e. The number of rotatable bonds is 6. The maximum atomic E-state index is 13.0. The Hall–Kier alpha value is -3.10. The van der Waals surface area contributed by atoms with Crippen LogP contribution in [0.15, 0.2) is 66.2 Å². The highest BCUT2D eigenvalue weighted by Gasteiger charge is 2.55. The van der Waals surface area contributed by atoms with Crippen LogP contribution < -0.4 is 0 Å². The summed E-state index contributed by atoms with van der Waals surface area (Å²) < 4.78 is 12.9. The molecule has 2 aromatic rings. The lowest BCUT2D eigenvalue weighted by Gasteiger charge is -2.52. The van der Waals surface area contributed by atoms with Gasteiger partial charge < -0.3 is 14.4 Å². The Morgan fingerprint density at radius 1 is 1.16 bits per heavy atom. The van der Waals surface area contributed by atoms with Crippen molar-refractivity contribution < 1.29 is 14.3 Å². The number of ether oxygens (including phenoxy) is 2. The Bertz CT molecular complexity index is 1010. The largest absolute Gasteiger partial charge is 0.460 e. The first kappa shape index (κ1) is 22.1. The van der Waals surface area contributed by atoms with Gasteiger partial charge in [0.05, 0.1) is 17.5 Å². The Labute approximate surface area is 190 Å². The number of benzene rings is 2. The van der Waals surface area contributed by atoms with Gasteiger partial charge in [-0.15, -0.1) is 0 Å².